The Morgan fingerprint density at radius 1 is 1.61 bits per heavy atom. The molecule has 98 valence electrons. The number of nitrogens with one attached hydrogen (secondary N) is 1. The molecule has 1 aliphatic heterocycles. The Bertz CT molecular complexity index is 498. The fraction of sp³-hybridized carbons (Fsp3) is 0.583. The van der Waals surface area contributed by atoms with E-state index in [0.717, 1.165) is 19.3 Å². The minimum Gasteiger partial charge on any atom is -0.355 e. The van der Waals surface area contributed by atoms with Gasteiger partial charge in [-0.25, -0.2) is 4.79 Å². The van der Waals surface area contributed by atoms with Crippen LogP contribution in [0.5, 0.6) is 0 Å². The van der Waals surface area contributed by atoms with E-state index in [9.17, 15) is 9.59 Å². The quantitative estimate of drug-likeness (QED) is 0.878. The van der Waals surface area contributed by atoms with Gasteiger partial charge in [0.2, 0.25) is 5.91 Å². The molecule has 6 heteroatoms. The highest BCUT2D eigenvalue weighted by atomic mass is 16.5. The molecule has 0 spiro atoms. The number of carbonyl (C=O) groups is 1. The smallest absolute Gasteiger partial charge is 0.351 e. The number of hydrogen-bond acceptors (Lipinski definition) is 4. The number of carbonyl (C=O) groups excluding carboxylic acids is 1. The van der Waals surface area contributed by atoms with Crippen LogP contribution in [0.2, 0.25) is 0 Å². The van der Waals surface area contributed by atoms with E-state index in [1.807, 2.05) is 0 Å². The van der Waals surface area contributed by atoms with E-state index in [2.05, 4.69) is 17.2 Å². The van der Waals surface area contributed by atoms with Crippen molar-refractivity contribution in [1.29, 1.82) is 0 Å². The summed E-state index contributed by atoms with van der Waals surface area (Å²) in [6.07, 6.45) is 4.32. The van der Waals surface area contributed by atoms with Crippen LogP contribution in [0.4, 0.5) is 5.82 Å². The zero-order valence-corrected chi connectivity index (χ0v) is 10.5. The summed E-state index contributed by atoms with van der Waals surface area (Å²) in [5.74, 6) is 0.0246. The predicted octanol–water partition coefficient (Wildman–Crippen LogP) is 1.29. The van der Waals surface area contributed by atoms with Gasteiger partial charge in [-0.05, 0) is 25.3 Å². The van der Waals surface area contributed by atoms with Gasteiger partial charge in [-0.1, -0.05) is 6.92 Å². The van der Waals surface area contributed by atoms with Crippen molar-refractivity contribution in [3.8, 4) is 0 Å². The first-order chi connectivity index (χ1) is 8.60. The standard InChI is InChI=1S/C12H17N3O3/c1-3-9-4-5-11(18-9)15-7-6-10(13-8(2)16)14-12(15)17/h6-7,9,11H,3-5H2,1-2H3,(H,13,14,16,17). The fourth-order valence-corrected chi connectivity index (χ4v) is 2.07. The Morgan fingerprint density at radius 2 is 2.39 bits per heavy atom. The molecule has 2 rings (SSSR count). The van der Waals surface area contributed by atoms with Crippen molar-refractivity contribution < 1.29 is 9.53 Å². The van der Waals surface area contributed by atoms with Crippen molar-refractivity contribution >= 4 is 11.7 Å². The number of anilines is 1. The van der Waals surface area contributed by atoms with Crippen molar-refractivity contribution in [2.24, 2.45) is 0 Å². The maximum absolute atomic E-state index is 11.8. The van der Waals surface area contributed by atoms with E-state index in [4.69, 9.17) is 4.74 Å². The second-order valence-electron chi connectivity index (χ2n) is 4.38. The third-order valence-corrected chi connectivity index (χ3v) is 2.98. The van der Waals surface area contributed by atoms with Gasteiger partial charge in [-0.15, -0.1) is 0 Å². The Labute approximate surface area is 105 Å². The van der Waals surface area contributed by atoms with Crippen LogP contribution in [0.3, 0.4) is 0 Å². The lowest BCUT2D eigenvalue weighted by atomic mass is 10.2. The first kappa shape index (κ1) is 12.8. The molecule has 0 radical (unpaired) electrons. The van der Waals surface area contributed by atoms with Crippen LogP contribution in [0.25, 0.3) is 0 Å². The van der Waals surface area contributed by atoms with Gasteiger partial charge in [0.05, 0.1) is 6.10 Å². The summed E-state index contributed by atoms with van der Waals surface area (Å²) in [5.41, 5.74) is -0.400. The molecule has 6 nitrogen and oxygen atoms in total. The highest BCUT2D eigenvalue weighted by Crippen LogP contribution is 2.28. The van der Waals surface area contributed by atoms with Crippen LogP contribution in [0, 0.1) is 0 Å². The molecule has 1 aromatic rings. The summed E-state index contributed by atoms with van der Waals surface area (Å²) >= 11 is 0. The molecule has 2 atom stereocenters. The SMILES string of the molecule is CCC1CCC(n2ccc(NC(C)=O)nc2=O)O1. The van der Waals surface area contributed by atoms with Crippen LogP contribution in [-0.2, 0) is 9.53 Å². The second kappa shape index (κ2) is 5.30. The average Bonchev–Trinajstić information content (AvgIpc) is 2.76. The number of nitrogens with zero attached hydrogens (tertiary/aromatic N) is 2. The summed E-state index contributed by atoms with van der Waals surface area (Å²) < 4.78 is 7.21. The zero-order chi connectivity index (χ0) is 13.1. The molecule has 0 aliphatic carbocycles. The van der Waals surface area contributed by atoms with E-state index in [-0.39, 0.29) is 24.1 Å². The third-order valence-electron chi connectivity index (χ3n) is 2.98. The number of ether oxygens (including phenoxy) is 1. The molecule has 2 unspecified atom stereocenters. The molecule has 1 N–H and O–H groups in total. The predicted molar refractivity (Wildman–Crippen MR) is 66.2 cm³/mol. The summed E-state index contributed by atoms with van der Waals surface area (Å²) in [4.78, 5) is 26.5. The van der Waals surface area contributed by atoms with Gasteiger partial charge >= 0.3 is 5.69 Å². The van der Waals surface area contributed by atoms with E-state index >= 15 is 0 Å². The van der Waals surface area contributed by atoms with Crippen molar-refractivity contribution in [3.63, 3.8) is 0 Å². The maximum Gasteiger partial charge on any atom is 0.351 e. The van der Waals surface area contributed by atoms with E-state index in [1.165, 1.54) is 11.5 Å². The largest absolute Gasteiger partial charge is 0.355 e. The normalized spacial score (nSPS) is 23.0. The summed E-state index contributed by atoms with van der Waals surface area (Å²) in [7, 11) is 0. The van der Waals surface area contributed by atoms with Gasteiger partial charge in [-0.2, -0.15) is 4.98 Å². The van der Waals surface area contributed by atoms with Crippen LogP contribution >= 0.6 is 0 Å². The summed E-state index contributed by atoms with van der Waals surface area (Å²) in [5, 5.41) is 2.48. The Morgan fingerprint density at radius 3 is 2.94 bits per heavy atom. The van der Waals surface area contributed by atoms with Crippen LogP contribution in [-0.4, -0.2) is 21.6 Å². The van der Waals surface area contributed by atoms with E-state index in [1.54, 1.807) is 12.3 Å². The van der Waals surface area contributed by atoms with Gasteiger partial charge < -0.3 is 10.1 Å². The molecule has 1 aromatic heterocycles. The topological polar surface area (TPSA) is 73.2 Å². The number of amides is 1. The molecule has 1 aliphatic rings. The fourth-order valence-electron chi connectivity index (χ4n) is 2.07. The lowest BCUT2D eigenvalue weighted by Gasteiger charge is -2.15. The summed E-state index contributed by atoms with van der Waals surface area (Å²) in [6, 6.07) is 1.60. The van der Waals surface area contributed by atoms with Crippen LogP contribution in [0.15, 0.2) is 17.1 Å². The Hall–Kier alpha value is -1.69. The van der Waals surface area contributed by atoms with Crippen molar-refractivity contribution in [3.05, 3.63) is 22.7 Å². The van der Waals surface area contributed by atoms with Crippen molar-refractivity contribution in [1.82, 2.24) is 9.55 Å². The molecule has 0 bridgehead atoms. The van der Waals surface area contributed by atoms with Gasteiger partial charge in [0.15, 0.2) is 0 Å². The monoisotopic (exact) mass is 251 g/mol. The summed E-state index contributed by atoms with van der Waals surface area (Å²) in [6.45, 7) is 3.44. The van der Waals surface area contributed by atoms with Gasteiger partial charge in [0.1, 0.15) is 12.0 Å². The molecule has 0 saturated carbocycles. The van der Waals surface area contributed by atoms with Crippen LogP contribution in [0.1, 0.15) is 39.3 Å². The number of hydrogen-bond donors (Lipinski definition) is 1. The maximum atomic E-state index is 11.8. The van der Waals surface area contributed by atoms with E-state index in [0.29, 0.717) is 0 Å². The van der Waals surface area contributed by atoms with Crippen molar-refractivity contribution in [2.45, 2.75) is 45.4 Å². The van der Waals surface area contributed by atoms with Gasteiger partial charge in [0, 0.05) is 13.1 Å². The second-order valence-corrected chi connectivity index (χ2v) is 4.38. The Balaban J connectivity index is 2.15. The van der Waals surface area contributed by atoms with Crippen molar-refractivity contribution in [2.75, 3.05) is 5.32 Å². The minimum atomic E-state index is -0.400. The lowest BCUT2D eigenvalue weighted by Crippen LogP contribution is -2.28. The first-order valence-corrected chi connectivity index (χ1v) is 6.12. The molecule has 18 heavy (non-hydrogen) atoms. The molecular formula is C12H17N3O3. The first-order valence-electron chi connectivity index (χ1n) is 6.12. The number of rotatable bonds is 3. The molecule has 0 aromatic carbocycles. The molecule has 1 fully saturated rings. The highest BCUT2D eigenvalue weighted by molar-refractivity contribution is 5.87. The van der Waals surface area contributed by atoms with Gasteiger partial charge in [0.25, 0.3) is 0 Å². The molecule has 1 saturated heterocycles. The average molecular weight is 251 g/mol. The zero-order valence-electron chi connectivity index (χ0n) is 10.5. The van der Waals surface area contributed by atoms with E-state index < -0.39 is 5.69 Å². The highest BCUT2D eigenvalue weighted by Gasteiger charge is 2.25. The lowest BCUT2D eigenvalue weighted by molar-refractivity contribution is -0.114. The minimum absolute atomic E-state index is 0.219. The van der Waals surface area contributed by atoms with Gasteiger partial charge in [-0.3, -0.25) is 9.36 Å². The Kier molecular flexibility index (Phi) is 3.76. The van der Waals surface area contributed by atoms with Crippen LogP contribution < -0.4 is 11.0 Å². The molecular weight excluding hydrogens is 234 g/mol. The third kappa shape index (κ3) is 2.76. The number of aromatic nitrogens is 2. The molecule has 1 amide bonds. The molecule has 2 heterocycles.